The zero-order chi connectivity index (χ0) is 29.3. The van der Waals surface area contributed by atoms with Crippen molar-refractivity contribution >= 4 is 24.7 Å². The van der Waals surface area contributed by atoms with E-state index in [1.165, 1.54) is 17.5 Å². The number of esters is 1. The van der Waals surface area contributed by atoms with Gasteiger partial charge in [0.25, 0.3) is 8.32 Å². The van der Waals surface area contributed by atoms with Crippen LogP contribution in [0.1, 0.15) is 47.1 Å². The van der Waals surface area contributed by atoms with E-state index in [2.05, 4.69) is 76.2 Å². The highest BCUT2D eigenvalue weighted by molar-refractivity contribution is 6.99. The van der Waals surface area contributed by atoms with E-state index in [0.29, 0.717) is 13.2 Å². The highest BCUT2D eigenvalue weighted by Crippen LogP contribution is 2.37. The number of aliphatic hydroxyl groups excluding tert-OH is 1. The average molecular weight is 563 g/mol. The zero-order valence-corrected chi connectivity index (χ0v) is 26.0. The number of aliphatic hydroxyl groups is 1. The third kappa shape index (κ3) is 7.29. The first kappa shape index (κ1) is 31.8. The second-order valence-corrected chi connectivity index (χ2v) is 16.2. The van der Waals surface area contributed by atoms with Crippen molar-refractivity contribution in [3.8, 4) is 0 Å². The maximum Gasteiger partial charge on any atom is 0.311 e. The summed E-state index contributed by atoms with van der Waals surface area (Å²) in [5, 5.41) is 13.5. The van der Waals surface area contributed by atoms with Crippen LogP contribution in [0, 0.1) is 17.8 Å². The molecule has 0 unspecified atom stereocenters. The van der Waals surface area contributed by atoms with E-state index in [1.54, 1.807) is 6.92 Å². The van der Waals surface area contributed by atoms with Crippen LogP contribution in [0.5, 0.6) is 0 Å². The Hall–Kier alpha value is -2.77. The third-order valence-corrected chi connectivity index (χ3v) is 13.0. The molecule has 0 amide bonds. The lowest BCUT2D eigenvalue weighted by molar-refractivity contribution is -0.153. The molecule has 0 spiro atoms. The van der Waals surface area contributed by atoms with Crippen LogP contribution in [0.15, 0.2) is 91.0 Å². The van der Waals surface area contributed by atoms with Gasteiger partial charge in [0, 0.05) is 18.4 Å². The van der Waals surface area contributed by atoms with Gasteiger partial charge >= 0.3 is 5.97 Å². The molecule has 6 heteroatoms. The van der Waals surface area contributed by atoms with Gasteiger partial charge in [0.05, 0.1) is 31.8 Å². The van der Waals surface area contributed by atoms with Crippen LogP contribution in [0.4, 0.5) is 0 Å². The second-order valence-electron chi connectivity index (χ2n) is 11.9. The Kier molecular flexibility index (Phi) is 11.3. The summed E-state index contributed by atoms with van der Waals surface area (Å²) in [7, 11) is -1.40. The smallest absolute Gasteiger partial charge is 0.311 e. The molecule has 0 aromatic heterocycles. The van der Waals surface area contributed by atoms with Crippen molar-refractivity contribution in [2.24, 2.45) is 17.8 Å². The van der Waals surface area contributed by atoms with Crippen LogP contribution in [-0.4, -0.2) is 45.3 Å². The summed E-state index contributed by atoms with van der Waals surface area (Å²) in [6.07, 6.45) is -1.29. The standard InChI is InChI=1S/C34H46O5Si/c1-25(32(38-24-28-17-11-8-12-18-28)26(2)31(35)27(3)33(36)37-7)23-39-40(34(4,5)6,29-19-13-9-14-20-29)30-21-15-10-16-22-30/h8-22,25-27,31-32,35H,23-24H2,1-7H3/t25-,26+,27+,31+,32+/m0/s1. The number of hydrogen-bond donors (Lipinski definition) is 1. The maximum absolute atomic E-state index is 12.3. The highest BCUT2D eigenvalue weighted by atomic mass is 28.4. The molecule has 3 aromatic carbocycles. The van der Waals surface area contributed by atoms with Gasteiger partial charge in [0.2, 0.25) is 0 Å². The Bertz CT molecular complexity index is 1120. The summed E-state index contributed by atoms with van der Waals surface area (Å²) < 4.78 is 18.6. The summed E-state index contributed by atoms with van der Waals surface area (Å²) in [6.45, 7) is 13.4. The Labute approximate surface area is 241 Å². The molecular weight excluding hydrogens is 516 g/mol. The summed E-state index contributed by atoms with van der Waals surface area (Å²) in [4.78, 5) is 12.3. The van der Waals surface area contributed by atoms with Gasteiger partial charge in [0.15, 0.2) is 0 Å². The molecule has 5 nitrogen and oxygen atoms in total. The minimum absolute atomic E-state index is 0.0696. The number of benzene rings is 3. The van der Waals surface area contributed by atoms with Gasteiger partial charge in [-0.3, -0.25) is 4.79 Å². The Morgan fingerprint density at radius 1 is 0.825 bits per heavy atom. The minimum atomic E-state index is -2.74. The molecule has 3 rings (SSSR count). The molecule has 216 valence electrons. The van der Waals surface area contributed by atoms with Gasteiger partial charge in [-0.2, -0.15) is 0 Å². The molecule has 0 aliphatic carbocycles. The minimum Gasteiger partial charge on any atom is -0.469 e. The van der Waals surface area contributed by atoms with E-state index in [0.717, 1.165) is 5.56 Å². The van der Waals surface area contributed by atoms with Crippen LogP contribution in [0.25, 0.3) is 0 Å². The van der Waals surface area contributed by atoms with Crippen LogP contribution < -0.4 is 10.4 Å². The van der Waals surface area contributed by atoms with Gasteiger partial charge in [-0.25, -0.2) is 0 Å². The number of ether oxygens (including phenoxy) is 2. The molecule has 40 heavy (non-hydrogen) atoms. The van der Waals surface area contributed by atoms with Crippen molar-refractivity contribution in [1.82, 2.24) is 0 Å². The van der Waals surface area contributed by atoms with Crippen LogP contribution in [0.3, 0.4) is 0 Å². The van der Waals surface area contributed by atoms with E-state index in [9.17, 15) is 9.90 Å². The molecule has 0 bridgehead atoms. The summed E-state index contributed by atoms with van der Waals surface area (Å²) in [5.41, 5.74) is 1.05. The number of hydrogen-bond acceptors (Lipinski definition) is 5. The largest absolute Gasteiger partial charge is 0.469 e. The van der Waals surface area contributed by atoms with Crippen molar-refractivity contribution in [2.45, 2.75) is 65.4 Å². The number of carbonyl (C=O) groups is 1. The first-order chi connectivity index (χ1) is 19.0. The average Bonchev–Trinajstić information content (AvgIpc) is 2.97. The summed E-state index contributed by atoms with van der Waals surface area (Å²) >= 11 is 0. The van der Waals surface area contributed by atoms with Crippen molar-refractivity contribution in [1.29, 1.82) is 0 Å². The molecule has 0 aliphatic heterocycles. The maximum atomic E-state index is 12.3. The predicted molar refractivity (Wildman–Crippen MR) is 164 cm³/mol. The number of carbonyl (C=O) groups excluding carboxylic acids is 1. The summed E-state index contributed by atoms with van der Waals surface area (Å²) in [5.74, 6) is -1.51. The van der Waals surface area contributed by atoms with E-state index in [-0.39, 0.29) is 23.0 Å². The fraction of sp³-hybridized carbons (Fsp3) is 0.441. The van der Waals surface area contributed by atoms with E-state index < -0.39 is 26.3 Å². The molecule has 0 saturated heterocycles. The normalized spacial score (nSPS) is 16.0. The quantitative estimate of drug-likeness (QED) is 0.217. The Morgan fingerprint density at radius 3 is 1.75 bits per heavy atom. The van der Waals surface area contributed by atoms with Crippen LogP contribution >= 0.6 is 0 Å². The number of methoxy groups -OCH3 is 1. The van der Waals surface area contributed by atoms with Crippen molar-refractivity contribution in [2.75, 3.05) is 13.7 Å². The molecule has 0 radical (unpaired) electrons. The van der Waals surface area contributed by atoms with Crippen LogP contribution in [-0.2, 0) is 25.3 Å². The molecule has 1 N–H and O–H groups in total. The van der Waals surface area contributed by atoms with E-state index >= 15 is 0 Å². The predicted octanol–water partition coefficient (Wildman–Crippen LogP) is 5.59. The first-order valence-corrected chi connectivity index (χ1v) is 16.1. The summed E-state index contributed by atoms with van der Waals surface area (Å²) in [6, 6.07) is 31.1. The van der Waals surface area contributed by atoms with Gasteiger partial charge in [-0.05, 0) is 27.9 Å². The molecule has 0 aliphatic rings. The van der Waals surface area contributed by atoms with Gasteiger partial charge < -0.3 is 19.0 Å². The highest BCUT2D eigenvalue weighted by Gasteiger charge is 2.50. The molecular formula is C34H46O5Si. The number of rotatable bonds is 13. The van der Waals surface area contributed by atoms with Crippen molar-refractivity contribution < 1.29 is 23.8 Å². The van der Waals surface area contributed by atoms with Gasteiger partial charge in [-0.1, -0.05) is 126 Å². The SMILES string of the molecule is COC(=O)[C@H](C)[C@H](O)[C@@H](C)[C@H](OCc1ccccc1)[C@@H](C)CO[Si](c1ccccc1)(c1ccccc1)C(C)(C)C. The molecule has 0 saturated carbocycles. The Morgan fingerprint density at radius 2 is 1.30 bits per heavy atom. The topological polar surface area (TPSA) is 65.0 Å². The lowest BCUT2D eigenvalue weighted by Gasteiger charge is -2.44. The fourth-order valence-corrected chi connectivity index (χ4v) is 10.4. The van der Waals surface area contributed by atoms with E-state index in [4.69, 9.17) is 13.9 Å². The molecule has 0 fully saturated rings. The molecule has 3 aromatic rings. The monoisotopic (exact) mass is 562 g/mol. The first-order valence-electron chi connectivity index (χ1n) is 14.2. The molecule has 0 heterocycles. The van der Waals surface area contributed by atoms with Crippen molar-refractivity contribution in [3.05, 3.63) is 96.6 Å². The van der Waals surface area contributed by atoms with Gasteiger partial charge in [0.1, 0.15) is 0 Å². The lowest BCUT2D eigenvalue weighted by atomic mass is 9.84. The van der Waals surface area contributed by atoms with Gasteiger partial charge in [-0.15, -0.1) is 0 Å². The second kappa shape index (κ2) is 14.2. The van der Waals surface area contributed by atoms with Crippen LogP contribution in [0.2, 0.25) is 5.04 Å². The molecule has 5 atom stereocenters. The Balaban J connectivity index is 1.95. The lowest BCUT2D eigenvalue weighted by Crippen LogP contribution is -2.67. The third-order valence-electron chi connectivity index (χ3n) is 7.97. The van der Waals surface area contributed by atoms with E-state index in [1.807, 2.05) is 49.4 Å². The fourth-order valence-electron chi connectivity index (χ4n) is 5.69. The zero-order valence-electron chi connectivity index (χ0n) is 25.0. The van der Waals surface area contributed by atoms with Crippen molar-refractivity contribution in [3.63, 3.8) is 0 Å².